The van der Waals surface area contributed by atoms with E-state index >= 15 is 0 Å². The molecule has 0 aliphatic heterocycles. The molecular formula is C21H26N4O5S. The Labute approximate surface area is 184 Å². The van der Waals surface area contributed by atoms with Gasteiger partial charge in [-0.2, -0.15) is 0 Å². The molecule has 0 spiro atoms. The van der Waals surface area contributed by atoms with Crippen molar-refractivity contribution < 1.29 is 23.8 Å². The van der Waals surface area contributed by atoms with Crippen LogP contribution in [-0.2, 0) is 9.47 Å². The number of aromatic nitrogens is 2. The average molecular weight is 447 g/mol. The number of benzene rings is 1. The minimum absolute atomic E-state index is 0.267. The summed E-state index contributed by atoms with van der Waals surface area (Å²) in [5.74, 6) is -0.0500. The number of hydrogen-bond acceptors (Lipinski definition) is 9. The SMILES string of the molecule is COC(=O)c1sc2ccc3nc(OC)cnc3c2c1NCC(C)NC(=O)OC(C)(C)C. The minimum atomic E-state index is -0.586. The number of hydrogen-bond donors (Lipinski definition) is 2. The van der Waals surface area contributed by atoms with Crippen molar-refractivity contribution in [1.29, 1.82) is 0 Å². The summed E-state index contributed by atoms with van der Waals surface area (Å²) in [7, 11) is 2.87. The van der Waals surface area contributed by atoms with Gasteiger partial charge in [0.15, 0.2) is 0 Å². The number of anilines is 1. The van der Waals surface area contributed by atoms with Crippen LogP contribution in [0.15, 0.2) is 18.3 Å². The van der Waals surface area contributed by atoms with E-state index in [0.29, 0.717) is 34.0 Å². The number of methoxy groups -OCH3 is 2. The summed E-state index contributed by atoms with van der Waals surface area (Å²) in [5.41, 5.74) is 1.29. The zero-order valence-electron chi connectivity index (χ0n) is 18.4. The topological polar surface area (TPSA) is 112 Å². The first-order valence-corrected chi connectivity index (χ1v) is 10.5. The largest absolute Gasteiger partial charge is 0.480 e. The van der Waals surface area contributed by atoms with E-state index in [4.69, 9.17) is 14.2 Å². The van der Waals surface area contributed by atoms with Crippen molar-refractivity contribution in [2.45, 2.75) is 39.3 Å². The molecule has 10 heteroatoms. The highest BCUT2D eigenvalue weighted by Crippen LogP contribution is 2.40. The number of rotatable bonds is 6. The van der Waals surface area contributed by atoms with Crippen molar-refractivity contribution >= 4 is 50.2 Å². The molecule has 2 aromatic heterocycles. The van der Waals surface area contributed by atoms with Crippen LogP contribution in [0.5, 0.6) is 5.88 Å². The predicted octanol–water partition coefficient (Wildman–Crippen LogP) is 3.96. The number of carbonyl (C=O) groups excluding carboxylic acids is 2. The lowest BCUT2D eigenvalue weighted by molar-refractivity contribution is 0.0509. The number of carbonyl (C=O) groups is 2. The van der Waals surface area contributed by atoms with Gasteiger partial charge in [0.1, 0.15) is 10.5 Å². The van der Waals surface area contributed by atoms with Crippen molar-refractivity contribution in [3.63, 3.8) is 0 Å². The van der Waals surface area contributed by atoms with Crippen LogP contribution < -0.4 is 15.4 Å². The highest BCUT2D eigenvalue weighted by Gasteiger charge is 2.23. The van der Waals surface area contributed by atoms with Gasteiger partial charge in [0.2, 0.25) is 5.88 Å². The Morgan fingerprint density at radius 2 is 1.97 bits per heavy atom. The zero-order chi connectivity index (χ0) is 22.8. The summed E-state index contributed by atoms with van der Waals surface area (Å²) < 4.78 is 16.3. The highest BCUT2D eigenvalue weighted by molar-refractivity contribution is 7.21. The van der Waals surface area contributed by atoms with Crippen molar-refractivity contribution in [3.8, 4) is 5.88 Å². The second kappa shape index (κ2) is 8.93. The van der Waals surface area contributed by atoms with Crippen LogP contribution in [0, 0.1) is 0 Å². The van der Waals surface area contributed by atoms with Gasteiger partial charge in [-0.15, -0.1) is 11.3 Å². The minimum Gasteiger partial charge on any atom is -0.480 e. The molecule has 2 heterocycles. The summed E-state index contributed by atoms with van der Waals surface area (Å²) in [4.78, 5) is 33.8. The number of nitrogens with zero attached hydrogens (tertiary/aromatic N) is 2. The fraction of sp³-hybridized carbons (Fsp3) is 0.429. The van der Waals surface area contributed by atoms with Crippen LogP contribution in [0.3, 0.4) is 0 Å². The Morgan fingerprint density at radius 1 is 1.23 bits per heavy atom. The molecule has 1 amide bonds. The molecule has 0 radical (unpaired) electrons. The molecule has 3 aromatic rings. The molecule has 31 heavy (non-hydrogen) atoms. The van der Waals surface area contributed by atoms with E-state index in [1.165, 1.54) is 31.8 Å². The van der Waals surface area contributed by atoms with E-state index in [1.54, 1.807) is 20.8 Å². The van der Waals surface area contributed by atoms with Crippen LogP contribution in [0.1, 0.15) is 37.4 Å². The maximum absolute atomic E-state index is 12.4. The number of fused-ring (bicyclic) bond motifs is 3. The Balaban J connectivity index is 1.94. The molecule has 0 fully saturated rings. The van der Waals surface area contributed by atoms with E-state index in [1.807, 2.05) is 19.1 Å². The quantitative estimate of drug-likeness (QED) is 0.547. The molecule has 0 saturated carbocycles. The molecule has 1 unspecified atom stereocenters. The van der Waals surface area contributed by atoms with Gasteiger partial charge in [0, 0.05) is 22.7 Å². The molecule has 0 bridgehead atoms. The molecule has 9 nitrogen and oxygen atoms in total. The van der Waals surface area contributed by atoms with Gasteiger partial charge in [0.25, 0.3) is 0 Å². The number of nitrogens with one attached hydrogen (secondary N) is 2. The van der Waals surface area contributed by atoms with Crippen LogP contribution in [0.4, 0.5) is 10.5 Å². The highest BCUT2D eigenvalue weighted by atomic mass is 32.1. The van der Waals surface area contributed by atoms with Gasteiger partial charge < -0.3 is 24.8 Å². The predicted molar refractivity (Wildman–Crippen MR) is 120 cm³/mol. The molecule has 2 N–H and O–H groups in total. The van der Waals surface area contributed by atoms with E-state index in [9.17, 15) is 9.59 Å². The molecule has 3 rings (SSSR count). The summed E-state index contributed by atoms with van der Waals surface area (Å²) in [6, 6.07) is 3.45. The number of thiophene rings is 1. The third-order valence-corrected chi connectivity index (χ3v) is 5.41. The van der Waals surface area contributed by atoms with Crippen molar-refractivity contribution in [3.05, 3.63) is 23.2 Å². The first-order chi connectivity index (χ1) is 14.6. The Morgan fingerprint density at radius 3 is 2.61 bits per heavy atom. The van der Waals surface area contributed by atoms with Crippen LogP contribution in [-0.4, -0.2) is 54.4 Å². The number of esters is 1. The van der Waals surface area contributed by atoms with Crippen molar-refractivity contribution in [2.24, 2.45) is 0 Å². The van der Waals surface area contributed by atoms with Gasteiger partial charge in [-0.1, -0.05) is 0 Å². The first-order valence-electron chi connectivity index (χ1n) is 9.71. The molecule has 0 aliphatic carbocycles. The van der Waals surface area contributed by atoms with E-state index in [-0.39, 0.29) is 6.04 Å². The smallest absolute Gasteiger partial charge is 0.407 e. The van der Waals surface area contributed by atoms with Crippen molar-refractivity contribution in [1.82, 2.24) is 15.3 Å². The maximum atomic E-state index is 12.4. The maximum Gasteiger partial charge on any atom is 0.407 e. The second-order valence-electron chi connectivity index (χ2n) is 7.94. The van der Waals surface area contributed by atoms with Gasteiger partial charge in [-0.3, -0.25) is 0 Å². The fourth-order valence-corrected chi connectivity index (χ4v) is 4.07. The van der Waals surface area contributed by atoms with Gasteiger partial charge >= 0.3 is 12.1 Å². The zero-order valence-corrected chi connectivity index (χ0v) is 19.2. The second-order valence-corrected chi connectivity index (χ2v) is 9.00. The lowest BCUT2D eigenvalue weighted by atomic mass is 10.1. The van der Waals surface area contributed by atoms with Crippen molar-refractivity contribution in [2.75, 3.05) is 26.1 Å². The van der Waals surface area contributed by atoms with E-state index < -0.39 is 17.7 Å². The Kier molecular flexibility index (Phi) is 6.49. The van der Waals surface area contributed by atoms with Crippen LogP contribution in [0.25, 0.3) is 21.1 Å². The monoisotopic (exact) mass is 446 g/mol. The number of ether oxygens (including phenoxy) is 3. The van der Waals surface area contributed by atoms with Crippen LogP contribution in [0.2, 0.25) is 0 Å². The lowest BCUT2D eigenvalue weighted by Gasteiger charge is -2.22. The van der Waals surface area contributed by atoms with E-state index in [0.717, 1.165) is 10.1 Å². The Hall–Kier alpha value is -3.14. The lowest BCUT2D eigenvalue weighted by Crippen LogP contribution is -2.40. The molecular weight excluding hydrogens is 420 g/mol. The number of alkyl carbamates (subject to hydrolysis) is 1. The summed E-state index contributed by atoms with van der Waals surface area (Å²) in [5, 5.41) is 6.83. The first kappa shape index (κ1) is 22.5. The molecule has 0 aliphatic rings. The summed E-state index contributed by atoms with van der Waals surface area (Å²) >= 11 is 1.31. The Bertz CT molecular complexity index is 1120. The third kappa shape index (κ3) is 5.13. The normalized spacial score (nSPS) is 12.5. The standard InChI is InChI=1S/C21H26N4O5S/c1-11(24-20(27)30-21(2,3)4)9-22-17-15-13(31-18(17)19(26)29-6)8-7-12-16(15)23-10-14(25-12)28-5/h7-8,10-11,22H,9H2,1-6H3,(H,24,27). The molecule has 1 aromatic carbocycles. The summed E-state index contributed by atoms with van der Waals surface area (Å²) in [6.45, 7) is 7.60. The average Bonchev–Trinajstić information content (AvgIpc) is 3.08. The van der Waals surface area contributed by atoms with Gasteiger partial charge in [0.05, 0.1) is 37.1 Å². The number of amides is 1. The molecule has 166 valence electrons. The van der Waals surface area contributed by atoms with Gasteiger partial charge in [-0.25, -0.2) is 19.6 Å². The van der Waals surface area contributed by atoms with Crippen LogP contribution >= 0.6 is 11.3 Å². The summed E-state index contributed by atoms with van der Waals surface area (Å²) in [6.07, 6.45) is 1.03. The molecule has 1 atom stereocenters. The van der Waals surface area contributed by atoms with E-state index in [2.05, 4.69) is 20.6 Å². The fourth-order valence-electron chi connectivity index (χ4n) is 2.97. The van der Waals surface area contributed by atoms with Gasteiger partial charge in [-0.05, 0) is 39.8 Å². The third-order valence-electron chi connectivity index (χ3n) is 4.27. The molecule has 0 saturated heterocycles.